The summed E-state index contributed by atoms with van der Waals surface area (Å²) in [6.45, 7) is 1.10. The van der Waals surface area contributed by atoms with E-state index in [9.17, 15) is 4.79 Å². The van der Waals surface area contributed by atoms with E-state index in [4.69, 9.17) is 9.15 Å². The Morgan fingerprint density at radius 2 is 2.33 bits per heavy atom. The lowest BCUT2D eigenvalue weighted by Gasteiger charge is -2.21. The SMILES string of the molecule is COc1nn(C)cc1C(=O)N(CCc1cccs1)Cc1ccoc1. The first kappa shape index (κ1) is 16.3. The summed E-state index contributed by atoms with van der Waals surface area (Å²) in [6.07, 6.45) is 5.77. The quantitative estimate of drug-likeness (QED) is 0.660. The second kappa shape index (κ2) is 7.35. The Bertz CT molecular complexity index is 778. The summed E-state index contributed by atoms with van der Waals surface area (Å²) in [7, 11) is 3.29. The number of aromatic nitrogens is 2. The molecule has 3 aromatic rings. The van der Waals surface area contributed by atoms with Crippen LogP contribution in [0.2, 0.25) is 0 Å². The smallest absolute Gasteiger partial charge is 0.261 e. The predicted molar refractivity (Wildman–Crippen MR) is 91.2 cm³/mol. The van der Waals surface area contributed by atoms with Crippen LogP contribution in [-0.4, -0.2) is 34.2 Å². The molecule has 1 amide bonds. The van der Waals surface area contributed by atoms with Gasteiger partial charge in [0, 0.05) is 36.8 Å². The topological polar surface area (TPSA) is 60.5 Å². The number of carbonyl (C=O) groups excluding carboxylic acids is 1. The van der Waals surface area contributed by atoms with Gasteiger partial charge in [0.2, 0.25) is 5.88 Å². The normalized spacial score (nSPS) is 10.8. The van der Waals surface area contributed by atoms with Crippen LogP contribution in [0, 0.1) is 0 Å². The number of nitrogens with zero attached hydrogens (tertiary/aromatic N) is 3. The fourth-order valence-corrected chi connectivity index (χ4v) is 3.19. The first-order chi connectivity index (χ1) is 11.7. The number of hydrogen-bond acceptors (Lipinski definition) is 5. The third-order valence-electron chi connectivity index (χ3n) is 3.67. The van der Waals surface area contributed by atoms with Gasteiger partial charge in [-0.2, -0.15) is 0 Å². The average molecular weight is 345 g/mol. The maximum Gasteiger partial charge on any atom is 0.261 e. The molecule has 126 valence electrons. The molecule has 3 rings (SSSR count). The van der Waals surface area contributed by atoms with Crippen molar-refractivity contribution in [2.45, 2.75) is 13.0 Å². The third-order valence-corrected chi connectivity index (χ3v) is 4.60. The fourth-order valence-electron chi connectivity index (χ4n) is 2.49. The Morgan fingerprint density at radius 3 is 3.00 bits per heavy atom. The van der Waals surface area contributed by atoms with Gasteiger partial charge in [0.05, 0.1) is 19.6 Å². The Hall–Kier alpha value is -2.54. The van der Waals surface area contributed by atoms with E-state index in [-0.39, 0.29) is 5.91 Å². The number of aryl methyl sites for hydroxylation is 1. The van der Waals surface area contributed by atoms with E-state index in [0.29, 0.717) is 24.5 Å². The zero-order chi connectivity index (χ0) is 16.9. The van der Waals surface area contributed by atoms with Crippen LogP contribution in [-0.2, 0) is 20.0 Å². The Labute approximate surface area is 144 Å². The van der Waals surface area contributed by atoms with Crippen LogP contribution in [0.3, 0.4) is 0 Å². The summed E-state index contributed by atoms with van der Waals surface area (Å²) >= 11 is 1.69. The van der Waals surface area contributed by atoms with E-state index in [0.717, 1.165) is 12.0 Å². The maximum absolute atomic E-state index is 13.0. The molecule has 0 aromatic carbocycles. The summed E-state index contributed by atoms with van der Waals surface area (Å²) in [6, 6.07) is 5.97. The van der Waals surface area contributed by atoms with Gasteiger partial charge in [-0.25, -0.2) is 0 Å². The Morgan fingerprint density at radius 1 is 1.46 bits per heavy atom. The molecule has 0 aliphatic rings. The summed E-state index contributed by atoms with van der Waals surface area (Å²) in [5.41, 5.74) is 1.42. The minimum atomic E-state index is -0.0993. The zero-order valence-corrected chi connectivity index (χ0v) is 14.5. The van der Waals surface area contributed by atoms with Crippen molar-refractivity contribution in [3.05, 3.63) is 58.3 Å². The van der Waals surface area contributed by atoms with Crippen LogP contribution < -0.4 is 4.74 Å². The van der Waals surface area contributed by atoms with E-state index in [1.165, 1.54) is 12.0 Å². The lowest BCUT2D eigenvalue weighted by Crippen LogP contribution is -2.32. The maximum atomic E-state index is 13.0. The molecule has 0 N–H and O–H groups in total. The monoisotopic (exact) mass is 345 g/mol. The van der Waals surface area contributed by atoms with Gasteiger partial charge in [-0.05, 0) is 23.9 Å². The van der Waals surface area contributed by atoms with Crippen molar-refractivity contribution in [3.63, 3.8) is 0 Å². The lowest BCUT2D eigenvalue weighted by molar-refractivity contribution is 0.0741. The second-order valence-electron chi connectivity index (χ2n) is 5.41. The number of thiophene rings is 1. The van der Waals surface area contributed by atoms with Crippen LogP contribution >= 0.6 is 11.3 Å². The number of carbonyl (C=O) groups is 1. The van der Waals surface area contributed by atoms with Gasteiger partial charge in [-0.3, -0.25) is 9.48 Å². The van der Waals surface area contributed by atoms with Gasteiger partial charge < -0.3 is 14.1 Å². The molecule has 24 heavy (non-hydrogen) atoms. The standard InChI is InChI=1S/C17H19N3O3S/c1-19-11-15(16(18-19)22-2)17(21)20(10-13-6-8-23-12-13)7-5-14-4-3-9-24-14/h3-4,6,8-9,11-12H,5,7,10H2,1-2H3. The van der Waals surface area contributed by atoms with Crippen molar-refractivity contribution in [1.82, 2.24) is 14.7 Å². The minimum absolute atomic E-state index is 0.0993. The second-order valence-corrected chi connectivity index (χ2v) is 6.45. The van der Waals surface area contributed by atoms with E-state index < -0.39 is 0 Å². The van der Waals surface area contributed by atoms with Crippen molar-refractivity contribution in [2.24, 2.45) is 7.05 Å². The average Bonchev–Trinajstić information content (AvgIpc) is 3.32. The Balaban J connectivity index is 1.80. The molecule has 0 bridgehead atoms. The number of hydrogen-bond donors (Lipinski definition) is 0. The molecule has 0 fully saturated rings. The van der Waals surface area contributed by atoms with E-state index in [2.05, 4.69) is 11.2 Å². The summed E-state index contributed by atoms with van der Waals surface area (Å²) in [4.78, 5) is 16.0. The van der Waals surface area contributed by atoms with Crippen molar-refractivity contribution < 1.29 is 13.9 Å². The number of furan rings is 1. The first-order valence-corrected chi connectivity index (χ1v) is 8.45. The fraction of sp³-hybridized carbons (Fsp3) is 0.294. The largest absolute Gasteiger partial charge is 0.479 e. The highest BCUT2D eigenvalue weighted by molar-refractivity contribution is 7.09. The first-order valence-electron chi connectivity index (χ1n) is 7.57. The van der Waals surface area contributed by atoms with E-state index in [1.54, 1.807) is 46.7 Å². The third kappa shape index (κ3) is 3.68. The van der Waals surface area contributed by atoms with E-state index >= 15 is 0 Å². The van der Waals surface area contributed by atoms with Crippen molar-refractivity contribution in [1.29, 1.82) is 0 Å². The zero-order valence-electron chi connectivity index (χ0n) is 13.6. The molecule has 7 heteroatoms. The highest BCUT2D eigenvalue weighted by Gasteiger charge is 2.23. The summed E-state index contributed by atoms with van der Waals surface area (Å²) in [5, 5.41) is 6.21. The van der Waals surface area contributed by atoms with Gasteiger partial charge in [0.1, 0.15) is 5.56 Å². The summed E-state index contributed by atoms with van der Waals surface area (Å²) in [5.74, 6) is 0.244. The van der Waals surface area contributed by atoms with Crippen LogP contribution in [0.4, 0.5) is 0 Å². The highest BCUT2D eigenvalue weighted by atomic mass is 32.1. The minimum Gasteiger partial charge on any atom is -0.479 e. The number of ether oxygens (including phenoxy) is 1. The van der Waals surface area contributed by atoms with Gasteiger partial charge in [0.15, 0.2) is 0 Å². The molecule has 0 atom stereocenters. The molecule has 0 unspecified atom stereocenters. The number of amides is 1. The van der Waals surface area contributed by atoms with Crippen LogP contribution in [0.1, 0.15) is 20.8 Å². The van der Waals surface area contributed by atoms with E-state index in [1.807, 2.05) is 17.5 Å². The molecule has 0 aliphatic carbocycles. The molecule has 0 saturated heterocycles. The molecule has 0 aliphatic heterocycles. The number of methoxy groups -OCH3 is 1. The lowest BCUT2D eigenvalue weighted by atomic mass is 10.2. The molecule has 0 radical (unpaired) electrons. The summed E-state index contributed by atoms with van der Waals surface area (Å²) < 4.78 is 11.9. The van der Waals surface area contributed by atoms with Crippen LogP contribution in [0.5, 0.6) is 5.88 Å². The van der Waals surface area contributed by atoms with Gasteiger partial charge in [-0.1, -0.05) is 6.07 Å². The Kier molecular flexibility index (Phi) is 5.00. The molecule has 3 heterocycles. The van der Waals surface area contributed by atoms with Crippen molar-refractivity contribution >= 4 is 17.2 Å². The van der Waals surface area contributed by atoms with Gasteiger partial charge in [0.25, 0.3) is 5.91 Å². The van der Waals surface area contributed by atoms with Gasteiger partial charge >= 0.3 is 0 Å². The van der Waals surface area contributed by atoms with Crippen molar-refractivity contribution in [2.75, 3.05) is 13.7 Å². The van der Waals surface area contributed by atoms with Gasteiger partial charge in [-0.15, -0.1) is 16.4 Å². The molecule has 6 nitrogen and oxygen atoms in total. The predicted octanol–water partition coefficient (Wildman–Crippen LogP) is 2.97. The van der Waals surface area contributed by atoms with Crippen LogP contribution in [0.25, 0.3) is 0 Å². The molecule has 0 spiro atoms. The molecule has 0 saturated carbocycles. The molecular weight excluding hydrogens is 326 g/mol. The molecule has 3 aromatic heterocycles. The molecular formula is C17H19N3O3S. The van der Waals surface area contributed by atoms with Crippen molar-refractivity contribution in [3.8, 4) is 5.88 Å². The number of rotatable bonds is 7. The van der Waals surface area contributed by atoms with Crippen LogP contribution in [0.15, 0.2) is 46.7 Å². The highest BCUT2D eigenvalue weighted by Crippen LogP contribution is 2.20.